The fraction of sp³-hybridized carbons (Fsp3) is 0.526. The molecule has 6 heteroatoms. The highest BCUT2D eigenvalue weighted by atomic mass is 15.3. The summed E-state index contributed by atoms with van der Waals surface area (Å²) in [6, 6.07) is 10.6. The number of aromatic nitrogens is 3. The van der Waals surface area contributed by atoms with Gasteiger partial charge in [-0.3, -0.25) is 4.99 Å². The van der Waals surface area contributed by atoms with Crippen molar-refractivity contribution in [3.63, 3.8) is 0 Å². The van der Waals surface area contributed by atoms with Gasteiger partial charge in [0.2, 0.25) is 0 Å². The Bertz CT molecular complexity index is 647. The van der Waals surface area contributed by atoms with Crippen LogP contribution in [0.5, 0.6) is 0 Å². The van der Waals surface area contributed by atoms with E-state index in [4.69, 9.17) is 0 Å². The van der Waals surface area contributed by atoms with Crippen LogP contribution in [0.2, 0.25) is 0 Å². The number of benzene rings is 1. The maximum Gasteiger partial charge on any atom is 0.191 e. The van der Waals surface area contributed by atoms with E-state index in [0.29, 0.717) is 11.8 Å². The van der Waals surface area contributed by atoms with Crippen LogP contribution >= 0.6 is 0 Å². The fourth-order valence-electron chi connectivity index (χ4n) is 2.90. The Kier molecular flexibility index (Phi) is 7.44. The van der Waals surface area contributed by atoms with E-state index in [-0.39, 0.29) is 0 Å². The lowest BCUT2D eigenvalue weighted by Crippen LogP contribution is -2.41. The largest absolute Gasteiger partial charge is 0.356 e. The van der Waals surface area contributed by atoms with Crippen molar-refractivity contribution in [2.24, 2.45) is 10.9 Å². The second-order valence-electron chi connectivity index (χ2n) is 6.44. The zero-order chi connectivity index (χ0) is 18.1. The number of hydrogen-bond acceptors (Lipinski definition) is 3. The maximum absolute atomic E-state index is 4.33. The molecule has 1 atom stereocenters. The van der Waals surface area contributed by atoms with Crippen LogP contribution in [0, 0.1) is 5.92 Å². The molecule has 2 N–H and O–H groups in total. The van der Waals surface area contributed by atoms with Crippen molar-refractivity contribution in [3.05, 3.63) is 48.0 Å². The molecule has 1 heterocycles. The van der Waals surface area contributed by atoms with E-state index in [9.17, 15) is 0 Å². The van der Waals surface area contributed by atoms with Crippen LogP contribution in [0.25, 0.3) is 0 Å². The van der Waals surface area contributed by atoms with Gasteiger partial charge in [0, 0.05) is 39.0 Å². The first-order valence-electron chi connectivity index (χ1n) is 9.01. The third kappa shape index (κ3) is 5.59. The van der Waals surface area contributed by atoms with E-state index in [1.165, 1.54) is 5.56 Å². The Morgan fingerprint density at radius 2 is 1.96 bits per heavy atom. The molecule has 0 bridgehead atoms. The molecule has 25 heavy (non-hydrogen) atoms. The lowest BCUT2D eigenvalue weighted by molar-refractivity contribution is 0.487. The van der Waals surface area contributed by atoms with Crippen LogP contribution < -0.4 is 10.6 Å². The molecule has 0 amide bonds. The van der Waals surface area contributed by atoms with Crippen molar-refractivity contribution in [1.82, 2.24) is 25.4 Å². The van der Waals surface area contributed by atoms with Gasteiger partial charge < -0.3 is 15.2 Å². The predicted molar refractivity (Wildman–Crippen MR) is 103 cm³/mol. The number of rotatable bonds is 8. The average Bonchev–Trinajstić information content (AvgIpc) is 3.08. The van der Waals surface area contributed by atoms with Gasteiger partial charge in [-0.15, -0.1) is 10.2 Å². The standard InChI is InChI=1S/C19H30N6/c1-5-18-24-23-14-25(18)12-11-21-19(20-4)22-13-17(15(2)3)16-9-7-6-8-10-16/h6-10,14-15,17H,5,11-13H2,1-4H3,(H2,20,21,22). The summed E-state index contributed by atoms with van der Waals surface area (Å²) < 4.78 is 2.07. The summed E-state index contributed by atoms with van der Waals surface area (Å²) in [5.74, 6) is 2.84. The van der Waals surface area contributed by atoms with Gasteiger partial charge in [0.1, 0.15) is 12.2 Å². The molecular weight excluding hydrogens is 312 g/mol. The highest BCUT2D eigenvalue weighted by Gasteiger charge is 2.16. The molecule has 0 aliphatic heterocycles. The molecule has 0 fully saturated rings. The highest BCUT2D eigenvalue weighted by Crippen LogP contribution is 2.23. The van der Waals surface area contributed by atoms with Gasteiger partial charge in [-0.2, -0.15) is 0 Å². The summed E-state index contributed by atoms with van der Waals surface area (Å²) in [5.41, 5.74) is 1.36. The summed E-state index contributed by atoms with van der Waals surface area (Å²) in [6.07, 6.45) is 2.67. The Labute approximate surface area is 150 Å². The van der Waals surface area contributed by atoms with Gasteiger partial charge in [0.05, 0.1) is 0 Å². The van der Waals surface area contributed by atoms with Crippen LogP contribution in [0.15, 0.2) is 41.7 Å². The van der Waals surface area contributed by atoms with Crippen molar-refractivity contribution < 1.29 is 0 Å². The summed E-state index contributed by atoms with van der Waals surface area (Å²) in [4.78, 5) is 4.33. The molecule has 2 aromatic rings. The second-order valence-corrected chi connectivity index (χ2v) is 6.44. The molecule has 2 rings (SSSR count). The molecule has 0 saturated carbocycles. The predicted octanol–water partition coefficient (Wildman–Crippen LogP) is 2.45. The molecule has 1 aromatic carbocycles. The molecule has 1 unspecified atom stereocenters. The molecule has 0 spiro atoms. The first-order chi connectivity index (χ1) is 12.2. The fourth-order valence-corrected chi connectivity index (χ4v) is 2.90. The smallest absolute Gasteiger partial charge is 0.191 e. The molecule has 0 radical (unpaired) electrons. The Morgan fingerprint density at radius 1 is 1.20 bits per heavy atom. The molecule has 1 aromatic heterocycles. The molecule has 0 saturated heterocycles. The van der Waals surface area contributed by atoms with Gasteiger partial charge in [0.25, 0.3) is 0 Å². The van der Waals surface area contributed by atoms with Crippen LogP contribution in [0.1, 0.15) is 38.1 Å². The normalized spacial score (nSPS) is 13.1. The summed E-state index contributed by atoms with van der Waals surface area (Å²) in [7, 11) is 1.80. The topological polar surface area (TPSA) is 67.1 Å². The van der Waals surface area contributed by atoms with E-state index >= 15 is 0 Å². The van der Waals surface area contributed by atoms with Crippen molar-refractivity contribution >= 4 is 5.96 Å². The molecule has 0 aliphatic carbocycles. The number of aryl methyl sites for hydroxylation is 1. The lowest BCUT2D eigenvalue weighted by atomic mass is 9.88. The Morgan fingerprint density at radius 3 is 2.60 bits per heavy atom. The summed E-state index contributed by atoms with van der Waals surface area (Å²) in [5, 5.41) is 14.9. The minimum atomic E-state index is 0.448. The number of aliphatic imine (C=N–C) groups is 1. The third-order valence-corrected chi connectivity index (χ3v) is 4.40. The molecular formula is C19H30N6. The van der Waals surface area contributed by atoms with E-state index in [0.717, 1.165) is 37.8 Å². The Balaban J connectivity index is 1.84. The maximum atomic E-state index is 4.33. The number of nitrogens with one attached hydrogen (secondary N) is 2. The quantitative estimate of drug-likeness (QED) is 0.571. The van der Waals surface area contributed by atoms with Crippen LogP contribution in [0.3, 0.4) is 0 Å². The first kappa shape index (κ1) is 19.0. The second kappa shape index (κ2) is 9.81. The van der Waals surface area contributed by atoms with Crippen molar-refractivity contribution in [1.29, 1.82) is 0 Å². The van der Waals surface area contributed by atoms with Crippen molar-refractivity contribution in [3.8, 4) is 0 Å². The molecule has 6 nitrogen and oxygen atoms in total. The monoisotopic (exact) mass is 342 g/mol. The SMILES string of the molecule is CCc1nncn1CCNC(=NC)NCC(c1ccccc1)C(C)C. The summed E-state index contributed by atoms with van der Waals surface area (Å²) >= 11 is 0. The van der Waals surface area contributed by atoms with Crippen molar-refractivity contribution in [2.45, 2.75) is 39.7 Å². The highest BCUT2D eigenvalue weighted by molar-refractivity contribution is 5.79. The minimum absolute atomic E-state index is 0.448. The van der Waals surface area contributed by atoms with Crippen molar-refractivity contribution in [2.75, 3.05) is 20.1 Å². The molecule has 0 aliphatic rings. The third-order valence-electron chi connectivity index (χ3n) is 4.40. The van der Waals surface area contributed by atoms with Crippen LogP contribution in [-0.2, 0) is 13.0 Å². The number of nitrogens with zero attached hydrogens (tertiary/aromatic N) is 4. The van der Waals surface area contributed by atoms with E-state index < -0.39 is 0 Å². The number of guanidine groups is 1. The zero-order valence-corrected chi connectivity index (χ0v) is 15.7. The minimum Gasteiger partial charge on any atom is -0.356 e. The van der Waals surface area contributed by atoms with E-state index in [2.05, 4.69) is 81.5 Å². The Hall–Kier alpha value is -2.37. The van der Waals surface area contributed by atoms with Gasteiger partial charge in [-0.05, 0) is 11.5 Å². The van der Waals surface area contributed by atoms with Gasteiger partial charge in [-0.25, -0.2) is 0 Å². The van der Waals surface area contributed by atoms with E-state index in [1.807, 2.05) is 0 Å². The van der Waals surface area contributed by atoms with Crippen LogP contribution in [-0.4, -0.2) is 40.9 Å². The van der Waals surface area contributed by atoms with E-state index in [1.54, 1.807) is 13.4 Å². The number of hydrogen-bond donors (Lipinski definition) is 2. The van der Waals surface area contributed by atoms with Gasteiger partial charge in [-0.1, -0.05) is 51.1 Å². The first-order valence-corrected chi connectivity index (χ1v) is 9.01. The summed E-state index contributed by atoms with van der Waals surface area (Å²) in [6.45, 7) is 9.06. The average molecular weight is 342 g/mol. The lowest BCUT2D eigenvalue weighted by Gasteiger charge is -2.23. The van der Waals surface area contributed by atoms with Crippen LogP contribution in [0.4, 0.5) is 0 Å². The molecule has 136 valence electrons. The van der Waals surface area contributed by atoms with Gasteiger partial charge >= 0.3 is 0 Å². The van der Waals surface area contributed by atoms with Gasteiger partial charge in [0.15, 0.2) is 5.96 Å². The zero-order valence-electron chi connectivity index (χ0n) is 15.7.